The number of aryl methyl sites for hydroxylation is 1. The summed E-state index contributed by atoms with van der Waals surface area (Å²) in [6.07, 6.45) is 5.67. The molecule has 0 fully saturated rings. The van der Waals surface area contributed by atoms with Crippen LogP contribution >= 0.6 is 0 Å². The first-order valence-electron chi connectivity index (χ1n) is 6.57. The summed E-state index contributed by atoms with van der Waals surface area (Å²) in [6, 6.07) is 3.96. The molecule has 98 valence electrons. The fourth-order valence-electron chi connectivity index (χ4n) is 1.99. The van der Waals surface area contributed by atoms with Crippen LogP contribution < -0.4 is 11.1 Å². The fourth-order valence-corrected chi connectivity index (χ4v) is 1.99. The topological polar surface area (TPSA) is 79.6 Å². The molecule has 0 amide bonds. The van der Waals surface area contributed by atoms with E-state index in [1.165, 1.54) is 12.8 Å². The smallest absolute Gasteiger partial charge is 0.179 e. The highest BCUT2D eigenvalue weighted by atomic mass is 15.0. The maximum absolute atomic E-state index is 5.47. The van der Waals surface area contributed by atoms with Gasteiger partial charge in [0.25, 0.3) is 0 Å². The fraction of sp³-hybridized carbons (Fsp3) is 0.538. The molecular formula is C13H21N5. The summed E-state index contributed by atoms with van der Waals surface area (Å²) in [5.74, 6) is 1.88. The van der Waals surface area contributed by atoms with Gasteiger partial charge in [-0.05, 0) is 31.5 Å². The van der Waals surface area contributed by atoms with Gasteiger partial charge >= 0.3 is 0 Å². The summed E-state index contributed by atoms with van der Waals surface area (Å²) in [6.45, 7) is 0.793. The zero-order valence-electron chi connectivity index (χ0n) is 10.9. The summed E-state index contributed by atoms with van der Waals surface area (Å²) in [5.41, 5.74) is 7.26. The summed E-state index contributed by atoms with van der Waals surface area (Å²) in [7, 11) is 1.86. The van der Waals surface area contributed by atoms with Crippen molar-refractivity contribution < 1.29 is 0 Å². The largest absolute Gasteiger partial charge is 0.373 e. The molecule has 0 spiro atoms. The number of aromatic nitrogens is 3. The third-order valence-corrected chi connectivity index (χ3v) is 3.02. The van der Waals surface area contributed by atoms with Gasteiger partial charge in [-0.25, -0.2) is 9.97 Å². The lowest BCUT2D eigenvalue weighted by atomic mass is 10.1. The molecule has 0 saturated heterocycles. The highest BCUT2D eigenvalue weighted by Crippen LogP contribution is 2.14. The number of nitrogens with zero attached hydrogens (tertiary/aromatic N) is 2. The second-order valence-electron chi connectivity index (χ2n) is 4.45. The van der Waals surface area contributed by atoms with Crippen molar-refractivity contribution >= 4 is 17.0 Å². The average Bonchev–Trinajstić information content (AvgIpc) is 2.80. The van der Waals surface area contributed by atoms with Crippen molar-refractivity contribution in [3.05, 3.63) is 18.0 Å². The van der Waals surface area contributed by atoms with Crippen LogP contribution in [-0.2, 0) is 6.42 Å². The number of nitrogens with one attached hydrogen (secondary N) is 2. The Labute approximate surface area is 107 Å². The molecule has 4 N–H and O–H groups in total. The monoisotopic (exact) mass is 247 g/mol. The van der Waals surface area contributed by atoms with Crippen molar-refractivity contribution in [3.63, 3.8) is 0 Å². The maximum Gasteiger partial charge on any atom is 0.179 e. The van der Waals surface area contributed by atoms with E-state index in [-0.39, 0.29) is 0 Å². The molecule has 0 saturated carbocycles. The van der Waals surface area contributed by atoms with Crippen molar-refractivity contribution in [3.8, 4) is 0 Å². The van der Waals surface area contributed by atoms with Crippen molar-refractivity contribution in [2.24, 2.45) is 5.73 Å². The highest BCUT2D eigenvalue weighted by Gasteiger charge is 2.04. The quantitative estimate of drug-likeness (QED) is 0.654. The van der Waals surface area contributed by atoms with Gasteiger partial charge in [0, 0.05) is 13.5 Å². The number of imidazole rings is 1. The second-order valence-corrected chi connectivity index (χ2v) is 4.45. The Morgan fingerprint density at radius 3 is 2.78 bits per heavy atom. The van der Waals surface area contributed by atoms with Crippen molar-refractivity contribution in [2.45, 2.75) is 32.1 Å². The lowest BCUT2D eigenvalue weighted by Gasteiger charge is -1.97. The van der Waals surface area contributed by atoms with Gasteiger partial charge in [-0.1, -0.05) is 12.8 Å². The van der Waals surface area contributed by atoms with Gasteiger partial charge in [-0.3, -0.25) is 0 Å². The molecule has 0 aromatic carbocycles. The number of H-pyrrole nitrogens is 1. The van der Waals surface area contributed by atoms with E-state index in [0.29, 0.717) is 0 Å². The molecule has 0 aliphatic carbocycles. The molecule has 2 heterocycles. The lowest BCUT2D eigenvalue weighted by molar-refractivity contribution is 0.638. The molecule has 0 aliphatic rings. The van der Waals surface area contributed by atoms with E-state index in [1.807, 2.05) is 19.2 Å². The van der Waals surface area contributed by atoms with E-state index < -0.39 is 0 Å². The normalized spacial score (nSPS) is 11.0. The van der Waals surface area contributed by atoms with E-state index in [9.17, 15) is 0 Å². The van der Waals surface area contributed by atoms with Crippen LogP contribution in [0.3, 0.4) is 0 Å². The van der Waals surface area contributed by atoms with Crippen molar-refractivity contribution in [1.29, 1.82) is 0 Å². The van der Waals surface area contributed by atoms with Crippen LogP contribution in [0.2, 0.25) is 0 Å². The average molecular weight is 247 g/mol. The minimum absolute atomic E-state index is 0.791. The summed E-state index contributed by atoms with van der Waals surface area (Å²) < 4.78 is 0. The summed E-state index contributed by atoms with van der Waals surface area (Å²) in [5, 5.41) is 3.02. The summed E-state index contributed by atoms with van der Waals surface area (Å²) in [4.78, 5) is 12.2. The first-order valence-corrected chi connectivity index (χ1v) is 6.57. The SMILES string of the molecule is CNc1ccc2[nH]c(CCCCCCN)nc2n1. The predicted molar refractivity (Wildman–Crippen MR) is 74.7 cm³/mol. The Kier molecular flexibility index (Phi) is 4.52. The molecule has 2 aromatic heterocycles. The van der Waals surface area contributed by atoms with Gasteiger partial charge in [-0.2, -0.15) is 0 Å². The Morgan fingerprint density at radius 2 is 2.00 bits per heavy atom. The zero-order chi connectivity index (χ0) is 12.8. The number of hydrogen-bond acceptors (Lipinski definition) is 4. The van der Waals surface area contributed by atoms with Crippen molar-refractivity contribution in [1.82, 2.24) is 15.0 Å². The predicted octanol–water partition coefficient (Wildman–Crippen LogP) is 2.06. The van der Waals surface area contributed by atoms with Gasteiger partial charge < -0.3 is 16.0 Å². The number of nitrogens with two attached hydrogens (primary N) is 1. The minimum Gasteiger partial charge on any atom is -0.373 e. The van der Waals surface area contributed by atoms with Crippen LogP contribution in [-0.4, -0.2) is 28.5 Å². The molecule has 0 bridgehead atoms. The molecule has 0 aliphatic heterocycles. The van der Waals surface area contributed by atoms with Crippen LogP contribution in [0.4, 0.5) is 5.82 Å². The van der Waals surface area contributed by atoms with Crippen LogP contribution in [0.5, 0.6) is 0 Å². The number of unbranched alkanes of at least 4 members (excludes halogenated alkanes) is 3. The second kappa shape index (κ2) is 6.35. The van der Waals surface area contributed by atoms with Gasteiger partial charge in [0.15, 0.2) is 5.65 Å². The van der Waals surface area contributed by atoms with Gasteiger partial charge in [0.1, 0.15) is 11.6 Å². The number of aromatic amines is 1. The third kappa shape index (κ3) is 3.20. The molecule has 18 heavy (non-hydrogen) atoms. The summed E-state index contributed by atoms with van der Waals surface area (Å²) >= 11 is 0. The Morgan fingerprint density at radius 1 is 1.17 bits per heavy atom. The van der Waals surface area contributed by atoms with E-state index in [2.05, 4.69) is 20.3 Å². The van der Waals surface area contributed by atoms with Crippen LogP contribution in [0.1, 0.15) is 31.5 Å². The molecule has 5 nitrogen and oxygen atoms in total. The van der Waals surface area contributed by atoms with Crippen LogP contribution in [0.15, 0.2) is 12.1 Å². The van der Waals surface area contributed by atoms with E-state index in [1.54, 1.807) is 0 Å². The Hall–Kier alpha value is -1.62. The molecule has 0 unspecified atom stereocenters. The minimum atomic E-state index is 0.791. The number of fused-ring (bicyclic) bond motifs is 1. The van der Waals surface area contributed by atoms with E-state index in [4.69, 9.17) is 5.73 Å². The standard InChI is InChI=1S/C13H21N5/c1-15-11-8-7-10-13(17-11)18-12(16-10)6-4-2-3-5-9-14/h7-8H,2-6,9,14H2,1H3,(H2,15,16,17,18). The highest BCUT2D eigenvalue weighted by molar-refractivity contribution is 5.72. The number of rotatable bonds is 7. The third-order valence-electron chi connectivity index (χ3n) is 3.02. The van der Waals surface area contributed by atoms with Gasteiger partial charge in [0.05, 0.1) is 5.52 Å². The Bertz CT molecular complexity index is 491. The van der Waals surface area contributed by atoms with E-state index >= 15 is 0 Å². The Balaban J connectivity index is 1.93. The number of pyridine rings is 1. The van der Waals surface area contributed by atoms with E-state index in [0.717, 1.165) is 48.6 Å². The molecule has 2 rings (SSSR count). The van der Waals surface area contributed by atoms with Gasteiger partial charge in [-0.15, -0.1) is 0 Å². The lowest BCUT2D eigenvalue weighted by Crippen LogP contribution is -1.98. The molecule has 5 heteroatoms. The molecule has 0 radical (unpaired) electrons. The maximum atomic E-state index is 5.47. The van der Waals surface area contributed by atoms with Crippen LogP contribution in [0, 0.1) is 0 Å². The molecule has 2 aromatic rings. The first-order chi connectivity index (χ1) is 8.83. The first kappa shape index (κ1) is 12.8. The van der Waals surface area contributed by atoms with Crippen LogP contribution in [0.25, 0.3) is 11.2 Å². The van der Waals surface area contributed by atoms with Crippen molar-refractivity contribution in [2.75, 3.05) is 18.9 Å². The number of anilines is 1. The number of hydrogen-bond donors (Lipinski definition) is 3. The zero-order valence-corrected chi connectivity index (χ0v) is 10.9. The van der Waals surface area contributed by atoms with Gasteiger partial charge in [0.2, 0.25) is 0 Å². The molecule has 0 atom stereocenters. The molecular weight excluding hydrogens is 226 g/mol.